The Hall–Kier alpha value is -3.72. The third-order valence-electron chi connectivity index (χ3n) is 5.02. The van der Waals surface area contributed by atoms with Gasteiger partial charge in [0.25, 0.3) is 0 Å². The first-order valence-electron chi connectivity index (χ1n) is 8.50. The molecule has 1 aliphatic carbocycles. The van der Waals surface area contributed by atoms with E-state index in [1.807, 2.05) is 30.3 Å². The van der Waals surface area contributed by atoms with Crippen LogP contribution in [0.3, 0.4) is 0 Å². The standard InChI is InChI=1S/C21H15N3O3/c1-25-16-7-12(8-17-20(16)27-10-26-17)18-14-6-11-4-2-3-5-13(11)19(14)24-21(23)15(18)9-22/h2-5,7-8H,6,10H2,1H3,(H2,23,24). The number of fused-ring (bicyclic) bond motifs is 4. The van der Waals surface area contributed by atoms with Gasteiger partial charge in [0.05, 0.1) is 12.8 Å². The van der Waals surface area contributed by atoms with Crippen LogP contribution in [0.5, 0.6) is 17.2 Å². The molecule has 132 valence electrons. The zero-order valence-corrected chi connectivity index (χ0v) is 14.6. The molecule has 0 unspecified atom stereocenters. The number of nitrogen functional groups attached to an aromatic ring is 1. The van der Waals surface area contributed by atoms with Crippen LogP contribution in [-0.4, -0.2) is 18.9 Å². The molecule has 0 atom stereocenters. The first-order chi connectivity index (χ1) is 13.2. The monoisotopic (exact) mass is 357 g/mol. The van der Waals surface area contributed by atoms with E-state index in [0.29, 0.717) is 29.2 Å². The molecule has 0 fully saturated rings. The topological polar surface area (TPSA) is 90.4 Å². The number of benzene rings is 2. The lowest BCUT2D eigenvalue weighted by Crippen LogP contribution is -2.02. The number of nitriles is 1. The molecule has 0 amide bonds. The van der Waals surface area contributed by atoms with E-state index < -0.39 is 0 Å². The summed E-state index contributed by atoms with van der Waals surface area (Å²) >= 11 is 0. The lowest BCUT2D eigenvalue weighted by molar-refractivity contribution is 0.171. The molecule has 1 aromatic heterocycles. The van der Waals surface area contributed by atoms with E-state index in [1.165, 1.54) is 5.56 Å². The van der Waals surface area contributed by atoms with Gasteiger partial charge in [-0.15, -0.1) is 0 Å². The van der Waals surface area contributed by atoms with Gasteiger partial charge < -0.3 is 19.9 Å². The van der Waals surface area contributed by atoms with Crippen LogP contribution in [0.2, 0.25) is 0 Å². The average molecular weight is 357 g/mol. The molecule has 5 rings (SSSR count). The highest BCUT2D eigenvalue weighted by Gasteiger charge is 2.29. The summed E-state index contributed by atoms with van der Waals surface area (Å²) in [5.74, 6) is 1.94. The van der Waals surface area contributed by atoms with Crippen LogP contribution in [0.15, 0.2) is 36.4 Å². The molecule has 2 aliphatic rings. The number of pyridine rings is 1. The Morgan fingerprint density at radius 1 is 1.22 bits per heavy atom. The first-order valence-corrected chi connectivity index (χ1v) is 8.50. The summed E-state index contributed by atoms with van der Waals surface area (Å²) in [4.78, 5) is 4.54. The molecule has 0 bridgehead atoms. The van der Waals surface area contributed by atoms with Crippen molar-refractivity contribution in [3.05, 3.63) is 53.1 Å². The van der Waals surface area contributed by atoms with E-state index in [1.54, 1.807) is 7.11 Å². The van der Waals surface area contributed by atoms with Crippen LogP contribution in [0.1, 0.15) is 16.7 Å². The maximum absolute atomic E-state index is 9.77. The molecule has 2 aromatic carbocycles. The molecule has 2 heterocycles. The fourth-order valence-electron chi connectivity index (χ4n) is 3.84. The number of rotatable bonds is 2. The zero-order chi connectivity index (χ0) is 18.5. The van der Waals surface area contributed by atoms with Gasteiger partial charge in [-0.25, -0.2) is 4.98 Å². The number of ether oxygens (including phenoxy) is 3. The second-order valence-electron chi connectivity index (χ2n) is 6.43. The summed E-state index contributed by atoms with van der Waals surface area (Å²) in [6, 6.07) is 14.0. The normalized spacial score (nSPS) is 13.0. The fraction of sp³-hybridized carbons (Fsp3) is 0.143. The number of methoxy groups -OCH3 is 1. The van der Waals surface area contributed by atoms with Crippen molar-refractivity contribution in [1.82, 2.24) is 4.98 Å². The Kier molecular flexibility index (Phi) is 3.25. The highest BCUT2D eigenvalue weighted by Crippen LogP contribution is 2.48. The molecule has 1 aliphatic heterocycles. The third kappa shape index (κ3) is 2.15. The van der Waals surface area contributed by atoms with Gasteiger partial charge in [0.15, 0.2) is 11.5 Å². The number of hydrogen-bond acceptors (Lipinski definition) is 6. The summed E-state index contributed by atoms with van der Waals surface area (Å²) in [5, 5.41) is 9.77. The van der Waals surface area contributed by atoms with Gasteiger partial charge in [-0.05, 0) is 28.8 Å². The van der Waals surface area contributed by atoms with Gasteiger partial charge in [0.2, 0.25) is 12.5 Å². The van der Waals surface area contributed by atoms with Gasteiger partial charge in [0.1, 0.15) is 17.5 Å². The predicted octanol–water partition coefficient (Wildman–Crippen LogP) is 3.51. The Morgan fingerprint density at radius 3 is 2.89 bits per heavy atom. The summed E-state index contributed by atoms with van der Waals surface area (Å²) in [7, 11) is 1.58. The largest absolute Gasteiger partial charge is 0.493 e. The highest BCUT2D eigenvalue weighted by atomic mass is 16.7. The van der Waals surface area contributed by atoms with Gasteiger partial charge >= 0.3 is 0 Å². The van der Waals surface area contributed by atoms with E-state index in [0.717, 1.165) is 27.9 Å². The molecular weight excluding hydrogens is 342 g/mol. The van der Waals surface area contributed by atoms with Crippen molar-refractivity contribution < 1.29 is 14.2 Å². The molecule has 6 heteroatoms. The molecule has 0 saturated heterocycles. The Balaban J connectivity index is 1.82. The molecule has 0 radical (unpaired) electrons. The SMILES string of the molecule is COc1cc(-c2c(C#N)c(N)nc3c2Cc2ccccc2-3)cc2c1OCO2. The molecular formula is C21H15N3O3. The fourth-order valence-corrected chi connectivity index (χ4v) is 3.84. The third-order valence-corrected chi connectivity index (χ3v) is 5.02. The number of nitrogens with two attached hydrogens (primary N) is 1. The van der Waals surface area contributed by atoms with Gasteiger partial charge in [-0.2, -0.15) is 5.26 Å². The van der Waals surface area contributed by atoms with Gasteiger partial charge in [-0.1, -0.05) is 24.3 Å². The maximum Gasteiger partial charge on any atom is 0.231 e. The van der Waals surface area contributed by atoms with Crippen molar-refractivity contribution in [1.29, 1.82) is 5.26 Å². The molecule has 2 N–H and O–H groups in total. The molecule has 3 aromatic rings. The summed E-state index contributed by atoms with van der Waals surface area (Å²) < 4.78 is 16.5. The van der Waals surface area contributed by atoms with Crippen LogP contribution in [0.25, 0.3) is 22.4 Å². The summed E-state index contributed by atoms with van der Waals surface area (Å²) in [6.07, 6.45) is 0.694. The Labute approximate surface area is 155 Å². The number of aromatic nitrogens is 1. The quantitative estimate of drug-likeness (QED) is 0.590. The average Bonchev–Trinajstić information content (AvgIpc) is 3.30. The summed E-state index contributed by atoms with van der Waals surface area (Å²) in [6.45, 7) is 0.141. The number of hydrogen-bond donors (Lipinski definition) is 1. The van der Waals surface area contributed by atoms with Gasteiger partial charge in [0, 0.05) is 17.5 Å². The second kappa shape index (κ2) is 5.64. The summed E-state index contributed by atoms with van der Waals surface area (Å²) in [5.41, 5.74) is 12.1. The van der Waals surface area contributed by atoms with E-state index in [2.05, 4.69) is 17.1 Å². The van der Waals surface area contributed by atoms with Crippen LogP contribution < -0.4 is 19.9 Å². The van der Waals surface area contributed by atoms with Crippen molar-refractivity contribution in [2.45, 2.75) is 6.42 Å². The lowest BCUT2D eigenvalue weighted by Gasteiger charge is -2.14. The van der Waals surface area contributed by atoms with E-state index in [4.69, 9.17) is 19.9 Å². The van der Waals surface area contributed by atoms with Crippen LogP contribution >= 0.6 is 0 Å². The van der Waals surface area contributed by atoms with Crippen LogP contribution in [-0.2, 0) is 6.42 Å². The molecule has 0 saturated carbocycles. The molecule has 27 heavy (non-hydrogen) atoms. The van der Waals surface area contributed by atoms with E-state index in [9.17, 15) is 5.26 Å². The number of anilines is 1. The molecule has 6 nitrogen and oxygen atoms in total. The van der Waals surface area contributed by atoms with Crippen LogP contribution in [0.4, 0.5) is 5.82 Å². The minimum Gasteiger partial charge on any atom is -0.493 e. The lowest BCUT2D eigenvalue weighted by atomic mass is 9.93. The maximum atomic E-state index is 9.77. The Bertz CT molecular complexity index is 1150. The van der Waals surface area contributed by atoms with Crippen molar-refractivity contribution in [2.24, 2.45) is 0 Å². The minimum atomic E-state index is 0.141. The minimum absolute atomic E-state index is 0.141. The second-order valence-corrected chi connectivity index (χ2v) is 6.43. The number of nitrogens with zero attached hydrogens (tertiary/aromatic N) is 2. The first kappa shape index (κ1) is 15.5. The van der Waals surface area contributed by atoms with Crippen molar-refractivity contribution in [3.63, 3.8) is 0 Å². The molecule has 0 spiro atoms. The zero-order valence-electron chi connectivity index (χ0n) is 14.6. The Morgan fingerprint density at radius 2 is 2.07 bits per heavy atom. The van der Waals surface area contributed by atoms with Crippen molar-refractivity contribution >= 4 is 5.82 Å². The van der Waals surface area contributed by atoms with Gasteiger partial charge in [-0.3, -0.25) is 0 Å². The van der Waals surface area contributed by atoms with Crippen molar-refractivity contribution in [3.8, 4) is 45.7 Å². The van der Waals surface area contributed by atoms with E-state index >= 15 is 0 Å². The highest BCUT2D eigenvalue weighted by molar-refractivity contribution is 5.89. The predicted molar refractivity (Wildman–Crippen MR) is 99.7 cm³/mol. The van der Waals surface area contributed by atoms with E-state index in [-0.39, 0.29) is 12.6 Å². The van der Waals surface area contributed by atoms with Crippen molar-refractivity contribution in [2.75, 3.05) is 19.6 Å². The smallest absolute Gasteiger partial charge is 0.231 e. The van der Waals surface area contributed by atoms with Crippen LogP contribution in [0, 0.1) is 11.3 Å².